The van der Waals surface area contributed by atoms with Crippen LogP contribution in [0.25, 0.3) is 11.5 Å². The van der Waals surface area contributed by atoms with Crippen molar-refractivity contribution in [3.05, 3.63) is 21.1 Å². The fraction of sp³-hybridized carbons (Fsp3) is 0.143. The summed E-state index contributed by atoms with van der Waals surface area (Å²) < 4.78 is 6.31. The lowest BCUT2D eigenvalue weighted by Crippen LogP contribution is -1.95. The molecule has 2 heterocycles. The summed E-state index contributed by atoms with van der Waals surface area (Å²) in [6.07, 6.45) is 0. The fourth-order valence-electron chi connectivity index (χ4n) is 0.875. The van der Waals surface area contributed by atoms with Gasteiger partial charge < -0.3 is 10.2 Å². The molecule has 0 amide bonds. The normalized spacial score (nSPS) is 10.6. The second-order valence-corrected chi connectivity index (χ2v) is 4.64. The summed E-state index contributed by atoms with van der Waals surface area (Å²) in [5, 5.41) is 9.57. The van der Waals surface area contributed by atoms with Crippen LogP contribution in [0.1, 0.15) is 5.89 Å². The van der Waals surface area contributed by atoms with Gasteiger partial charge in [-0.3, -0.25) is 0 Å². The average molecular weight is 260 g/mol. The van der Waals surface area contributed by atoms with Crippen LogP contribution in [0.2, 0.25) is 0 Å². The maximum absolute atomic E-state index is 5.34. The molecule has 0 saturated heterocycles. The molecule has 0 aliphatic carbocycles. The second kappa shape index (κ2) is 3.57. The molecule has 2 rings (SSSR count). The molecule has 2 N–H and O–H groups in total. The van der Waals surface area contributed by atoms with Gasteiger partial charge >= 0.3 is 0 Å². The van der Waals surface area contributed by atoms with Gasteiger partial charge in [0, 0.05) is 5.38 Å². The van der Waals surface area contributed by atoms with Crippen LogP contribution in [0, 0.1) is 0 Å². The van der Waals surface area contributed by atoms with Crippen LogP contribution in [0.4, 0.5) is 0 Å². The molecule has 6 heteroatoms. The van der Waals surface area contributed by atoms with Crippen LogP contribution >= 0.6 is 27.3 Å². The van der Waals surface area contributed by atoms with Gasteiger partial charge in [0.25, 0.3) is 0 Å². The van der Waals surface area contributed by atoms with Crippen LogP contribution in [-0.2, 0) is 6.54 Å². The SMILES string of the molecule is NCc1nnc(-c2csc(Br)c2)o1. The Bertz CT molecular complexity index is 411. The number of thiophene rings is 1. The highest BCUT2D eigenvalue weighted by molar-refractivity contribution is 9.11. The molecular weight excluding hydrogens is 254 g/mol. The smallest absolute Gasteiger partial charge is 0.248 e. The first-order chi connectivity index (χ1) is 6.29. The molecule has 2 aromatic rings. The Morgan fingerprint density at radius 1 is 1.54 bits per heavy atom. The number of hydrogen-bond acceptors (Lipinski definition) is 5. The molecule has 0 aromatic carbocycles. The molecule has 0 aliphatic rings. The maximum Gasteiger partial charge on any atom is 0.248 e. The van der Waals surface area contributed by atoms with E-state index in [1.807, 2.05) is 11.4 Å². The highest BCUT2D eigenvalue weighted by atomic mass is 79.9. The van der Waals surface area contributed by atoms with E-state index in [1.165, 1.54) is 0 Å². The van der Waals surface area contributed by atoms with Gasteiger partial charge in [-0.1, -0.05) is 0 Å². The first-order valence-corrected chi connectivity index (χ1v) is 5.23. The minimum absolute atomic E-state index is 0.276. The first kappa shape index (κ1) is 8.86. The lowest BCUT2D eigenvalue weighted by atomic mass is 10.3. The Labute approximate surface area is 86.9 Å². The highest BCUT2D eigenvalue weighted by Crippen LogP contribution is 2.27. The van der Waals surface area contributed by atoms with Gasteiger partial charge in [0.15, 0.2) is 0 Å². The third-order valence-electron chi connectivity index (χ3n) is 1.46. The number of hydrogen-bond donors (Lipinski definition) is 1. The number of halogens is 1. The van der Waals surface area contributed by atoms with E-state index >= 15 is 0 Å². The van der Waals surface area contributed by atoms with E-state index in [9.17, 15) is 0 Å². The maximum atomic E-state index is 5.34. The zero-order valence-electron chi connectivity index (χ0n) is 6.53. The predicted molar refractivity (Wildman–Crippen MR) is 53.2 cm³/mol. The molecule has 68 valence electrons. The van der Waals surface area contributed by atoms with Crippen molar-refractivity contribution in [1.82, 2.24) is 10.2 Å². The quantitative estimate of drug-likeness (QED) is 0.897. The van der Waals surface area contributed by atoms with Crippen molar-refractivity contribution in [2.45, 2.75) is 6.54 Å². The zero-order chi connectivity index (χ0) is 9.26. The van der Waals surface area contributed by atoms with Crippen molar-refractivity contribution >= 4 is 27.3 Å². The molecule has 13 heavy (non-hydrogen) atoms. The van der Waals surface area contributed by atoms with Crippen molar-refractivity contribution in [1.29, 1.82) is 0 Å². The monoisotopic (exact) mass is 259 g/mol. The summed E-state index contributed by atoms with van der Waals surface area (Å²) in [6, 6.07) is 1.93. The van der Waals surface area contributed by atoms with E-state index in [0.29, 0.717) is 11.8 Å². The molecular formula is C7H6BrN3OS. The largest absolute Gasteiger partial charge is 0.419 e. The third kappa shape index (κ3) is 1.79. The Kier molecular flexibility index (Phi) is 2.43. The topological polar surface area (TPSA) is 64.9 Å². The summed E-state index contributed by atoms with van der Waals surface area (Å²) in [4.78, 5) is 0. The van der Waals surface area contributed by atoms with E-state index < -0.39 is 0 Å². The minimum atomic E-state index is 0.276. The number of aromatic nitrogens is 2. The molecule has 4 nitrogen and oxygen atoms in total. The lowest BCUT2D eigenvalue weighted by molar-refractivity contribution is 0.509. The Hall–Kier alpha value is -0.720. The van der Waals surface area contributed by atoms with Crippen molar-refractivity contribution in [3.63, 3.8) is 0 Å². The van der Waals surface area contributed by atoms with Crippen LogP contribution in [0.3, 0.4) is 0 Å². The van der Waals surface area contributed by atoms with E-state index in [-0.39, 0.29) is 6.54 Å². The van der Waals surface area contributed by atoms with Gasteiger partial charge in [-0.2, -0.15) is 0 Å². The summed E-state index contributed by atoms with van der Waals surface area (Å²) in [7, 11) is 0. The van der Waals surface area contributed by atoms with Crippen LogP contribution in [0.15, 0.2) is 19.6 Å². The molecule has 0 radical (unpaired) electrons. The zero-order valence-corrected chi connectivity index (χ0v) is 8.93. The molecule has 0 bridgehead atoms. The summed E-state index contributed by atoms with van der Waals surface area (Å²) >= 11 is 4.93. The summed E-state index contributed by atoms with van der Waals surface area (Å²) in [6.45, 7) is 0.276. The van der Waals surface area contributed by atoms with Gasteiger partial charge in [-0.15, -0.1) is 21.5 Å². The standard InChI is InChI=1S/C7H6BrN3OS/c8-5-1-4(3-13-5)7-11-10-6(2-9)12-7/h1,3H,2,9H2. The molecule has 0 spiro atoms. The number of nitrogens with two attached hydrogens (primary N) is 1. The molecule has 0 aliphatic heterocycles. The van der Waals surface area contributed by atoms with Gasteiger partial charge in [-0.25, -0.2) is 0 Å². The highest BCUT2D eigenvalue weighted by Gasteiger charge is 2.08. The Balaban J connectivity index is 2.35. The molecule has 0 atom stereocenters. The summed E-state index contributed by atoms with van der Waals surface area (Å²) in [5.74, 6) is 0.972. The van der Waals surface area contributed by atoms with Gasteiger partial charge in [-0.05, 0) is 22.0 Å². The van der Waals surface area contributed by atoms with Crippen molar-refractivity contribution in [2.75, 3.05) is 0 Å². The molecule has 0 unspecified atom stereocenters. The number of nitrogens with zero attached hydrogens (tertiary/aromatic N) is 2. The lowest BCUT2D eigenvalue weighted by Gasteiger charge is -1.85. The minimum Gasteiger partial charge on any atom is -0.419 e. The molecule has 0 fully saturated rings. The van der Waals surface area contributed by atoms with Gasteiger partial charge in [0.05, 0.1) is 15.9 Å². The average Bonchev–Trinajstić information content (AvgIpc) is 2.71. The van der Waals surface area contributed by atoms with Gasteiger partial charge in [0.2, 0.25) is 11.8 Å². The Morgan fingerprint density at radius 2 is 2.38 bits per heavy atom. The van der Waals surface area contributed by atoms with E-state index in [4.69, 9.17) is 10.2 Å². The fourth-order valence-corrected chi connectivity index (χ4v) is 2.01. The van der Waals surface area contributed by atoms with Crippen LogP contribution < -0.4 is 5.73 Å². The number of rotatable bonds is 2. The van der Waals surface area contributed by atoms with Crippen LogP contribution in [0.5, 0.6) is 0 Å². The predicted octanol–water partition coefficient (Wildman–Crippen LogP) is 2.02. The van der Waals surface area contributed by atoms with Crippen molar-refractivity contribution in [2.24, 2.45) is 5.73 Å². The first-order valence-electron chi connectivity index (χ1n) is 3.56. The van der Waals surface area contributed by atoms with Crippen molar-refractivity contribution < 1.29 is 4.42 Å². The van der Waals surface area contributed by atoms with Crippen molar-refractivity contribution in [3.8, 4) is 11.5 Å². The third-order valence-corrected chi connectivity index (χ3v) is 2.96. The molecule has 0 saturated carbocycles. The molecule has 2 aromatic heterocycles. The van der Waals surface area contributed by atoms with Crippen LogP contribution in [-0.4, -0.2) is 10.2 Å². The summed E-state index contributed by atoms with van der Waals surface area (Å²) in [5.41, 5.74) is 6.26. The van der Waals surface area contributed by atoms with Gasteiger partial charge in [0.1, 0.15) is 0 Å². The van der Waals surface area contributed by atoms with E-state index in [2.05, 4.69) is 26.1 Å². The van der Waals surface area contributed by atoms with E-state index in [0.717, 1.165) is 9.35 Å². The Morgan fingerprint density at radius 3 is 2.92 bits per heavy atom. The van der Waals surface area contributed by atoms with E-state index in [1.54, 1.807) is 11.3 Å². The second-order valence-electron chi connectivity index (χ2n) is 2.34.